The van der Waals surface area contributed by atoms with Crippen LogP contribution in [0.15, 0.2) is 12.1 Å². The average Bonchev–Trinajstić information content (AvgIpc) is 2.08. The fraction of sp³-hybridized carbons (Fsp3) is 0.500. The molecule has 0 saturated heterocycles. The predicted octanol–water partition coefficient (Wildman–Crippen LogP) is 2.77. The van der Waals surface area contributed by atoms with Crippen LogP contribution in [0.5, 0.6) is 0 Å². The van der Waals surface area contributed by atoms with E-state index < -0.39 is 0 Å². The molecule has 0 aliphatic carbocycles. The van der Waals surface area contributed by atoms with Gasteiger partial charge in [0.15, 0.2) is 0 Å². The minimum Gasteiger partial charge on any atom is -0.398 e. The molecule has 0 unspecified atom stereocenters. The van der Waals surface area contributed by atoms with Crippen LogP contribution in [0.4, 0.5) is 11.4 Å². The maximum atomic E-state index is 5.97. The van der Waals surface area contributed by atoms with E-state index in [1.807, 2.05) is 14.1 Å². The van der Waals surface area contributed by atoms with Gasteiger partial charge in [0.25, 0.3) is 0 Å². The smallest absolute Gasteiger partial charge is 0.0414 e. The summed E-state index contributed by atoms with van der Waals surface area (Å²) in [5, 5.41) is 0. The van der Waals surface area contributed by atoms with E-state index in [4.69, 9.17) is 5.73 Å². The lowest BCUT2D eigenvalue weighted by Crippen LogP contribution is -2.12. The molecule has 0 fully saturated rings. The lowest BCUT2D eigenvalue weighted by molar-refractivity contribution is 0.865. The molecule has 2 N–H and O–H groups in total. The molecular formula is C12H20N2. The van der Waals surface area contributed by atoms with Crippen molar-refractivity contribution in [2.45, 2.75) is 26.7 Å². The van der Waals surface area contributed by atoms with Crippen molar-refractivity contribution in [1.82, 2.24) is 0 Å². The van der Waals surface area contributed by atoms with Gasteiger partial charge in [0.05, 0.1) is 0 Å². The number of anilines is 2. The molecule has 0 bridgehead atoms. The van der Waals surface area contributed by atoms with Gasteiger partial charge in [0.2, 0.25) is 0 Å². The van der Waals surface area contributed by atoms with Gasteiger partial charge in [0.1, 0.15) is 0 Å². The van der Waals surface area contributed by atoms with E-state index in [9.17, 15) is 0 Å². The first-order valence-electron chi connectivity index (χ1n) is 5.00. The molecule has 0 aliphatic heterocycles. The minimum atomic E-state index is 0.525. The van der Waals surface area contributed by atoms with Crippen LogP contribution in [0.25, 0.3) is 0 Å². The van der Waals surface area contributed by atoms with Gasteiger partial charge >= 0.3 is 0 Å². The molecular weight excluding hydrogens is 172 g/mol. The summed E-state index contributed by atoms with van der Waals surface area (Å²) >= 11 is 0. The van der Waals surface area contributed by atoms with E-state index in [2.05, 4.69) is 37.8 Å². The number of hydrogen-bond acceptors (Lipinski definition) is 2. The van der Waals surface area contributed by atoms with Crippen molar-refractivity contribution in [3.63, 3.8) is 0 Å². The Morgan fingerprint density at radius 2 is 1.79 bits per heavy atom. The largest absolute Gasteiger partial charge is 0.398 e. The zero-order valence-electron chi connectivity index (χ0n) is 9.76. The summed E-state index contributed by atoms with van der Waals surface area (Å²) in [6, 6.07) is 4.30. The molecule has 0 saturated carbocycles. The predicted molar refractivity (Wildman–Crippen MR) is 64.0 cm³/mol. The Kier molecular flexibility index (Phi) is 3.04. The van der Waals surface area contributed by atoms with Crippen molar-refractivity contribution >= 4 is 11.4 Å². The maximum absolute atomic E-state index is 5.97. The van der Waals surface area contributed by atoms with Crippen LogP contribution in [0.1, 0.15) is 30.9 Å². The fourth-order valence-electron chi connectivity index (χ4n) is 1.54. The van der Waals surface area contributed by atoms with Crippen molar-refractivity contribution in [2.75, 3.05) is 24.7 Å². The Morgan fingerprint density at radius 1 is 1.21 bits per heavy atom. The van der Waals surface area contributed by atoms with E-state index in [1.165, 1.54) is 16.8 Å². The summed E-state index contributed by atoms with van der Waals surface area (Å²) in [6.07, 6.45) is 0. The summed E-state index contributed by atoms with van der Waals surface area (Å²) in [7, 11) is 4.10. The molecule has 0 atom stereocenters. The molecule has 0 aromatic heterocycles. The molecule has 0 amide bonds. The molecule has 0 spiro atoms. The van der Waals surface area contributed by atoms with E-state index in [0.29, 0.717) is 5.92 Å². The van der Waals surface area contributed by atoms with E-state index >= 15 is 0 Å². The second kappa shape index (κ2) is 3.91. The van der Waals surface area contributed by atoms with Gasteiger partial charge in [-0.3, -0.25) is 0 Å². The summed E-state index contributed by atoms with van der Waals surface area (Å²) in [6.45, 7) is 6.43. The van der Waals surface area contributed by atoms with Gasteiger partial charge in [0, 0.05) is 25.5 Å². The molecule has 14 heavy (non-hydrogen) atoms. The summed E-state index contributed by atoms with van der Waals surface area (Å²) < 4.78 is 0. The van der Waals surface area contributed by atoms with Gasteiger partial charge in [-0.05, 0) is 36.1 Å². The number of benzene rings is 1. The van der Waals surface area contributed by atoms with Crippen LogP contribution in [-0.2, 0) is 0 Å². The topological polar surface area (TPSA) is 29.3 Å². The molecule has 1 aromatic carbocycles. The Hall–Kier alpha value is -1.18. The van der Waals surface area contributed by atoms with Crippen molar-refractivity contribution in [1.29, 1.82) is 0 Å². The Labute approximate surface area is 86.7 Å². The van der Waals surface area contributed by atoms with Crippen molar-refractivity contribution < 1.29 is 0 Å². The number of rotatable bonds is 2. The van der Waals surface area contributed by atoms with Gasteiger partial charge in [-0.1, -0.05) is 13.8 Å². The highest BCUT2D eigenvalue weighted by Crippen LogP contribution is 2.29. The third-order valence-corrected chi connectivity index (χ3v) is 2.59. The average molecular weight is 192 g/mol. The minimum absolute atomic E-state index is 0.525. The highest BCUT2D eigenvalue weighted by molar-refractivity contribution is 5.65. The quantitative estimate of drug-likeness (QED) is 0.730. The first-order chi connectivity index (χ1) is 6.43. The second-order valence-electron chi connectivity index (χ2n) is 4.30. The van der Waals surface area contributed by atoms with Crippen LogP contribution < -0.4 is 10.6 Å². The summed E-state index contributed by atoms with van der Waals surface area (Å²) in [4.78, 5) is 2.11. The van der Waals surface area contributed by atoms with Gasteiger partial charge in [-0.25, -0.2) is 0 Å². The molecule has 2 heteroatoms. The van der Waals surface area contributed by atoms with Crippen molar-refractivity contribution in [2.24, 2.45) is 0 Å². The van der Waals surface area contributed by atoms with Crippen LogP contribution in [0, 0.1) is 6.92 Å². The van der Waals surface area contributed by atoms with Gasteiger partial charge in [-0.2, -0.15) is 0 Å². The zero-order valence-corrected chi connectivity index (χ0v) is 9.76. The fourth-order valence-corrected chi connectivity index (χ4v) is 1.54. The molecule has 0 aliphatic rings. The summed E-state index contributed by atoms with van der Waals surface area (Å²) in [5.41, 5.74) is 10.5. The first kappa shape index (κ1) is 10.9. The highest BCUT2D eigenvalue weighted by atomic mass is 15.1. The Morgan fingerprint density at radius 3 is 2.21 bits per heavy atom. The first-order valence-corrected chi connectivity index (χ1v) is 5.00. The molecule has 0 radical (unpaired) electrons. The molecule has 78 valence electrons. The molecule has 1 aromatic rings. The van der Waals surface area contributed by atoms with E-state index in [0.717, 1.165) is 5.69 Å². The SMILES string of the molecule is Cc1c(N)cc(C(C)C)cc1N(C)C. The normalized spacial score (nSPS) is 10.7. The number of nitrogens with two attached hydrogens (primary N) is 1. The maximum Gasteiger partial charge on any atom is 0.0414 e. The lowest BCUT2D eigenvalue weighted by Gasteiger charge is -2.19. The van der Waals surface area contributed by atoms with E-state index in [-0.39, 0.29) is 0 Å². The highest BCUT2D eigenvalue weighted by Gasteiger charge is 2.08. The Balaban J connectivity index is 3.28. The molecule has 2 nitrogen and oxygen atoms in total. The van der Waals surface area contributed by atoms with Crippen LogP contribution in [-0.4, -0.2) is 14.1 Å². The van der Waals surface area contributed by atoms with Gasteiger partial charge < -0.3 is 10.6 Å². The van der Waals surface area contributed by atoms with Crippen molar-refractivity contribution in [3.05, 3.63) is 23.3 Å². The number of nitrogens with zero attached hydrogens (tertiary/aromatic N) is 1. The van der Waals surface area contributed by atoms with Crippen LogP contribution in [0.2, 0.25) is 0 Å². The third-order valence-electron chi connectivity index (χ3n) is 2.59. The lowest BCUT2D eigenvalue weighted by atomic mass is 9.99. The molecule has 1 rings (SSSR count). The number of nitrogen functional groups attached to an aromatic ring is 1. The van der Waals surface area contributed by atoms with Crippen LogP contribution >= 0.6 is 0 Å². The van der Waals surface area contributed by atoms with Crippen molar-refractivity contribution in [3.8, 4) is 0 Å². The van der Waals surface area contributed by atoms with Gasteiger partial charge in [-0.15, -0.1) is 0 Å². The third kappa shape index (κ3) is 2.00. The monoisotopic (exact) mass is 192 g/mol. The Bertz CT molecular complexity index is 327. The number of hydrogen-bond donors (Lipinski definition) is 1. The second-order valence-corrected chi connectivity index (χ2v) is 4.30. The standard InChI is InChI=1S/C12H20N2/c1-8(2)10-6-11(13)9(3)12(7-10)14(4)5/h6-8H,13H2,1-5H3. The van der Waals surface area contributed by atoms with E-state index in [1.54, 1.807) is 0 Å². The summed E-state index contributed by atoms with van der Waals surface area (Å²) in [5.74, 6) is 0.525. The zero-order chi connectivity index (χ0) is 10.9. The van der Waals surface area contributed by atoms with Crippen LogP contribution in [0.3, 0.4) is 0 Å². The molecule has 0 heterocycles.